The van der Waals surface area contributed by atoms with Crippen molar-refractivity contribution in [2.75, 3.05) is 5.32 Å². The minimum Gasteiger partial charge on any atom is -0.435 e. The lowest BCUT2D eigenvalue weighted by Crippen LogP contribution is -2.12. The van der Waals surface area contributed by atoms with E-state index in [0.717, 1.165) is 5.69 Å². The molecule has 0 spiro atoms. The molecule has 6 nitrogen and oxygen atoms in total. The number of aromatic nitrogens is 3. The molecule has 1 aromatic heterocycles. The highest BCUT2D eigenvalue weighted by Gasteiger charge is 2.12. The maximum Gasteiger partial charge on any atom is 0.387 e. The first-order chi connectivity index (χ1) is 11.6. The van der Waals surface area contributed by atoms with Gasteiger partial charge >= 0.3 is 6.61 Å². The Labute approximate surface area is 135 Å². The van der Waals surface area contributed by atoms with Crippen LogP contribution in [0, 0.1) is 0 Å². The molecule has 0 saturated carbocycles. The first kappa shape index (κ1) is 15.6. The van der Waals surface area contributed by atoms with Crippen molar-refractivity contribution in [2.24, 2.45) is 0 Å². The van der Waals surface area contributed by atoms with E-state index >= 15 is 0 Å². The number of ether oxygens (including phenoxy) is 1. The van der Waals surface area contributed by atoms with Crippen LogP contribution in [0.4, 0.5) is 14.5 Å². The zero-order chi connectivity index (χ0) is 16.9. The highest BCUT2D eigenvalue weighted by molar-refractivity contribution is 6.02. The van der Waals surface area contributed by atoms with Crippen molar-refractivity contribution in [3.8, 4) is 11.4 Å². The first-order valence-corrected chi connectivity index (χ1v) is 6.96. The highest BCUT2D eigenvalue weighted by atomic mass is 19.3. The van der Waals surface area contributed by atoms with Crippen LogP contribution in [0.3, 0.4) is 0 Å². The second-order valence-electron chi connectivity index (χ2n) is 4.74. The summed E-state index contributed by atoms with van der Waals surface area (Å²) < 4.78 is 29.9. The van der Waals surface area contributed by atoms with Gasteiger partial charge in [-0.15, -0.1) is 5.10 Å². The van der Waals surface area contributed by atoms with E-state index in [9.17, 15) is 13.6 Å². The molecular weight excluding hydrogens is 318 g/mol. The van der Waals surface area contributed by atoms with Gasteiger partial charge in [-0.2, -0.15) is 8.78 Å². The highest BCUT2D eigenvalue weighted by Crippen LogP contribution is 2.18. The second-order valence-corrected chi connectivity index (χ2v) is 4.74. The Morgan fingerprint density at radius 1 is 1.08 bits per heavy atom. The monoisotopic (exact) mass is 330 g/mol. The summed E-state index contributed by atoms with van der Waals surface area (Å²) in [6.45, 7) is -2.89. The molecule has 0 aliphatic heterocycles. The zero-order valence-corrected chi connectivity index (χ0v) is 12.3. The van der Waals surface area contributed by atoms with E-state index in [0.29, 0.717) is 5.69 Å². The number of nitrogens with one attached hydrogen (secondary N) is 1. The van der Waals surface area contributed by atoms with Gasteiger partial charge in [0.15, 0.2) is 5.69 Å². The van der Waals surface area contributed by atoms with Crippen molar-refractivity contribution < 1.29 is 18.3 Å². The van der Waals surface area contributed by atoms with Gasteiger partial charge in [-0.25, -0.2) is 4.68 Å². The zero-order valence-electron chi connectivity index (χ0n) is 12.3. The number of amides is 1. The summed E-state index contributed by atoms with van der Waals surface area (Å²) in [6, 6.07) is 14.8. The van der Waals surface area contributed by atoms with Gasteiger partial charge in [0, 0.05) is 5.69 Å². The molecule has 0 unspecified atom stereocenters. The van der Waals surface area contributed by atoms with E-state index in [4.69, 9.17) is 0 Å². The van der Waals surface area contributed by atoms with Crippen LogP contribution < -0.4 is 10.1 Å². The molecule has 0 radical (unpaired) electrons. The third-order valence-electron chi connectivity index (χ3n) is 3.08. The van der Waals surface area contributed by atoms with Crippen molar-refractivity contribution in [3.05, 3.63) is 66.5 Å². The Hall–Kier alpha value is -3.29. The van der Waals surface area contributed by atoms with Gasteiger partial charge in [-0.1, -0.05) is 23.4 Å². The number of nitrogens with zero attached hydrogens (tertiary/aromatic N) is 3. The van der Waals surface area contributed by atoms with Crippen molar-refractivity contribution in [2.45, 2.75) is 6.61 Å². The second kappa shape index (κ2) is 6.86. The molecule has 0 fully saturated rings. The van der Waals surface area contributed by atoms with Crippen LogP contribution in [0.5, 0.6) is 5.75 Å². The Kier molecular flexibility index (Phi) is 4.46. The number of hydrogen-bond donors (Lipinski definition) is 1. The average Bonchev–Trinajstić information content (AvgIpc) is 3.07. The van der Waals surface area contributed by atoms with Crippen molar-refractivity contribution in [3.63, 3.8) is 0 Å². The summed E-state index contributed by atoms with van der Waals surface area (Å²) in [5, 5.41) is 10.3. The maximum atomic E-state index is 12.1. The van der Waals surface area contributed by atoms with Gasteiger partial charge in [-0.3, -0.25) is 4.79 Å². The van der Waals surface area contributed by atoms with Crippen LogP contribution in [-0.4, -0.2) is 27.5 Å². The molecule has 1 heterocycles. The molecule has 1 N–H and O–H groups in total. The van der Waals surface area contributed by atoms with Crippen LogP contribution in [0.1, 0.15) is 10.5 Å². The summed E-state index contributed by atoms with van der Waals surface area (Å²) in [6.07, 6.45) is 1.50. The summed E-state index contributed by atoms with van der Waals surface area (Å²) >= 11 is 0. The predicted octanol–water partition coefficient (Wildman–Crippen LogP) is 3.12. The molecular formula is C16H12F2N4O2. The molecule has 2 aromatic carbocycles. The molecule has 24 heavy (non-hydrogen) atoms. The third kappa shape index (κ3) is 3.72. The lowest BCUT2D eigenvalue weighted by atomic mass is 10.3. The van der Waals surface area contributed by atoms with E-state index in [2.05, 4.69) is 20.4 Å². The van der Waals surface area contributed by atoms with Crippen LogP contribution in [-0.2, 0) is 0 Å². The maximum absolute atomic E-state index is 12.1. The van der Waals surface area contributed by atoms with Crippen LogP contribution in [0.2, 0.25) is 0 Å². The smallest absolute Gasteiger partial charge is 0.387 e. The first-order valence-electron chi connectivity index (χ1n) is 6.96. The fourth-order valence-electron chi connectivity index (χ4n) is 1.99. The minimum atomic E-state index is -2.89. The number of rotatable bonds is 5. The van der Waals surface area contributed by atoms with Crippen LogP contribution >= 0.6 is 0 Å². The number of carbonyl (C=O) groups is 1. The van der Waals surface area contributed by atoms with Crippen molar-refractivity contribution in [1.82, 2.24) is 15.0 Å². The van der Waals surface area contributed by atoms with E-state index in [-0.39, 0.29) is 11.4 Å². The van der Waals surface area contributed by atoms with Crippen molar-refractivity contribution in [1.29, 1.82) is 0 Å². The number of hydrogen-bond acceptors (Lipinski definition) is 4. The molecule has 8 heteroatoms. The SMILES string of the molecule is O=C(Nc1ccc(OC(F)F)cc1)c1cn(-c2ccccc2)nn1. The van der Waals surface area contributed by atoms with Gasteiger partial charge in [0.25, 0.3) is 5.91 Å². The lowest BCUT2D eigenvalue weighted by molar-refractivity contribution is -0.0498. The molecule has 0 saturated heterocycles. The van der Waals surface area contributed by atoms with E-state index in [1.54, 1.807) is 0 Å². The lowest BCUT2D eigenvalue weighted by Gasteiger charge is -2.06. The van der Waals surface area contributed by atoms with E-state index in [1.807, 2.05) is 30.3 Å². The van der Waals surface area contributed by atoms with Crippen molar-refractivity contribution >= 4 is 11.6 Å². The normalized spacial score (nSPS) is 10.6. The largest absolute Gasteiger partial charge is 0.435 e. The van der Waals surface area contributed by atoms with Gasteiger partial charge in [0.1, 0.15) is 5.75 Å². The molecule has 0 atom stereocenters. The van der Waals surface area contributed by atoms with Gasteiger partial charge in [0.2, 0.25) is 0 Å². The Bertz CT molecular complexity index is 820. The van der Waals surface area contributed by atoms with Gasteiger partial charge < -0.3 is 10.1 Å². The third-order valence-corrected chi connectivity index (χ3v) is 3.08. The van der Waals surface area contributed by atoms with E-state index < -0.39 is 12.5 Å². The number of para-hydroxylation sites is 1. The van der Waals surface area contributed by atoms with E-state index in [1.165, 1.54) is 35.1 Å². The topological polar surface area (TPSA) is 69.0 Å². The van der Waals surface area contributed by atoms with Gasteiger partial charge in [-0.05, 0) is 36.4 Å². The number of anilines is 1. The summed E-state index contributed by atoms with van der Waals surface area (Å²) in [7, 11) is 0. The average molecular weight is 330 g/mol. The Morgan fingerprint density at radius 2 is 1.79 bits per heavy atom. The molecule has 0 bridgehead atoms. The fraction of sp³-hybridized carbons (Fsp3) is 0.0625. The predicted molar refractivity (Wildman–Crippen MR) is 82.4 cm³/mol. The minimum absolute atomic E-state index is 0.0121. The molecule has 3 aromatic rings. The van der Waals surface area contributed by atoms with Crippen LogP contribution in [0.15, 0.2) is 60.8 Å². The Morgan fingerprint density at radius 3 is 2.46 bits per heavy atom. The molecule has 122 valence electrons. The summed E-state index contributed by atoms with van der Waals surface area (Å²) in [5.74, 6) is -0.447. The summed E-state index contributed by atoms with van der Waals surface area (Å²) in [5.41, 5.74) is 1.33. The standard InChI is InChI=1S/C16H12F2N4O2/c17-16(18)24-13-8-6-11(7-9-13)19-15(23)14-10-22(21-20-14)12-4-2-1-3-5-12/h1-10,16H,(H,19,23). The molecule has 1 amide bonds. The molecule has 0 aliphatic rings. The number of benzene rings is 2. The molecule has 3 rings (SSSR count). The summed E-state index contributed by atoms with van der Waals surface area (Å²) in [4.78, 5) is 12.1. The fourth-order valence-corrected chi connectivity index (χ4v) is 1.99. The number of carbonyl (C=O) groups excluding carboxylic acids is 1. The van der Waals surface area contributed by atoms with Gasteiger partial charge in [0.05, 0.1) is 11.9 Å². The van der Waals surface area contributed by atoms with Crippen LogP contribution in [0.25, 0.3) is 5.69 Å². The molecule has 0 aliphatic carbocycles. The Balaban J connectivity index is 1.68. The number of alkyl halides is 2. The number of halogens is 2. The quantitative estimate of drug-likeness (QED) is 0.780.